The molecule has 0 aliphatic carbocycles. The average Bonchev–Trinajstić information content (AvgIpc) is 2.96. The van der Waals surface area contributed by atoms with Crippen molar-refractivity contribution in [2.45, 2.75) is 72.1 Å². The summed E-state index contributed by atoms with van der Waals surface area (Å²) in [5, 5.41) is 4.03. The second kappa shape index (κ2) is 13.5. The van der Waals surface area contributed by atoms with E-state index in [-0.39, 0.29) is 23.4 Å². The zero-order valence-electron chi connectivity index (χ0n) is 25.1. The number of unbranched alkanes of at least 4 members (excludes halogenated alkanes) is 3. The van der Waals surface area contributed by atoms with Gasteiger partial charge in [-0.15, -0.1) is 0 Å². The molecule has 0 bridgehead atoms. The molecule has 0 aliphatic rings. The summed E-state index contributed by atoms with van der Waals surface area (Å²) in [7, 11) is 1.67. The summed E-state index contributed by atoms with van der Waals surface area (Å²) >= 11 is 0. The molecule has 0 radical (unpaired) electrons. The first kappa shape index (κ1) is 29.8. The van der Waals surface area contributed by atoms with Crippen LogP contribution in [0, 0.1) is 0 Å². The van der Waals surface area contributed by atoms with Crippen LogP contribution in [0.15, 0.2) is 65.6 Å². The summed E-state index contributed by atoms with van der Waals surface area (Å²) in [4.78, 5) is 36.0. The minimum absolute atomic E-state index is 0.154. The van der Waals surface area contributed by atoms with Crippen LogP contribution in [0.25, 0.3) is 22.2 Å². The van der Waals surface area contributed by atoms with Gasteiger partial charge in [-0.3, -0.25) is 9.69 Å². The van der Waals surface area contributed by atoms with Gasteiger partial charge in [0.25, 0.3) is 5.56 Å². The Kier molecular flexibility index (Phi) is 9.82. The number of carbonyl (C=O) groups excluding carboxylic acids is 1. The summed E-state index contributed by atoms with van der Waals surface area (Å²) in [5.74, 6) is 1.11. The number of benzene rings is 2. The van der Waals surface area contributed by atoms with Crippen molar-refractivity contribution in [2.24, 2.45) is 0 Å². The zero-order valence-corrected chi connectivity index (χ0v) is 25.1. The standard InChI is InChI=1S/C34H42N4O3/c1-7-8-9-10-17-38(30-21-25-14-12-16-35-32(25)37-33(30)39)34(40)36-31-28(22(2)3)19-26(20-29(31)23(4)5)24-13-11-15-27(18-24)41-6/h11-16,18-23H,7-10,17H2,1-6H3,(H,36,40)(H,35,37,39). The Bertz CT molecular complexity index is 1530. The molecule has 2 N–H and O–H groups in total. The van der Waals surface area contributed by atoms with Crippen LogP contribution in [-0.4, -0.2) is 29.7 Å². The van der Waals surface area contributed by atoms with Crippen LogP contribution in [0.4, 0.5) is 16.2 Å². The molecule has 0 aliphatic heterocycles. The highest BCUT2D eigenvalue weighted by Gasteiger charge is 2.24. The van der Waals surface area contributed by atoms with E-state index in [1.165, 1.54) is 0 Å². The van der Waals surface area contributed by atoms with Crippen LogP contribution in [0.2, 0.25) is 0 Å². The van der Waals surface area contributed by atoms with Crippen molar-refractivity contribution in [3.63, 3.8) is 0 Å². The van der Waals surface area contributed by atoms with Crippen molar-refractivity contribution in [2.75, 3.05) is 23.9 Å². The Morgan fingerprint density at radius 2 is 1.68 bits per heavy atom. The molecular weight excluding hydrogens is 512 g/mol. The molecule has 2 heterocycles. The first-order valence-electron chi connectivity index (χ1n) is 14.6. The fourth-order valence-corrected chi connectivity index (χ4v) is 5.14. The summed E-state index contributed by atoms with van der Waals surface area (Å²) in [6, 6.07) is 17.5. The Morgan fingerprint density at radius 1 is 0.951 bits per heavy atom. The molecule has 2 amide bonds. The lowest BCUT2D eigenvalue weighted by atomic mass is 9.88. The Hall–Kier alpha value is -4.13. The van der Waals surface area contributed by atoms with Crippen LogP contribution in [0.1, 0.15) is 83.3 Å². The first-order valence-corrected chi connectivity index (χ1v) is 14.6. The lowest BCUT2D eigenvalue weighted by molar-refractivity contribution is 0.256. The molecule has 0 fully saturated rings. The number of ether oxygens (including phenoxy) is 1. The van der Waals surface area contributed by atoms with Gasteiger partial charge in [-0.2, -0.15) is 0 Å². The van der Waals surface area contributed by atoms with Crippen LogP contribution in [-0.2, 0) is 0 Å². The van der Waals surface area contributed by atoms with Crippen molar-refractivity contribution in [1.29, 1.82) is 0 Å². The number of anilines is 2. The van der Waals surface area contributed by atoms with E-state index in [0.29, 0.717) is 17.9 Å². The van der Waals surface area contributed by atoms with E-state index in [9.17, 15) is 9.59 Å². The molecule has 4 rings (SSSR count). The molecule has 7 nitrogen and oxygen atoms in total. The molecule has 2 aromatic heterocycles. The normalized spacial score (nSPS) is 11.3. The third-order valence-electron chi connectivity index (χ3n) is 7.45. The van der Waals surface area contributed by atoms with Gasteiger partial charge in [0.15, 0.2) is 0 Å². The molecule has 7 heteroatoms. The molecule has 41 heavy (non-hydrogen) atoms. The van der Waals surface area contributed by atoms with E-state index < -0.39 is 0 Å². The third kappa shape index (κ3) is 6.96. The van der Waals surface area contributed by atoms with E-state index in [0.717, 1.165) is 64.8 Å². The lowest BCUT2D eigenvalue weighted by Crippen LogP contribution is -2.39. The molecular formula is C34H42N4O3. The van der Waals surface area contributed by atoms with Gasteiger partial charge in [-0.25, -0.2) is 9.78 Å². The van der Waals surface area contributed by atoms with Gasteiger partial charge in [0, 0.05) is 23.8 Å². The van der Waals surface area contributed by atoms with E-state index in [2.05, 4.69) is 68.1 Å². The second-order valence-electron chi connectivity index (χ2n) is 11.1. The van der Waals surface area contributed by atoms with Gasteiger partial charge < -0.3 is 15.0 Å². The van der Waals surface area contributed by atoms with Gasteiger partial charge >= 0.3 is 6.03 Å². The topological polar surface area (TPSA) is 87.3 Å². The van der Waals surface area contributed by atoms with Gasteiger partial charge in [-0.1, -0.05) is 66.0 Å². The van der Waals surface area contributed by atoms with Crippen molar-refractivity contribution in [1.82, 2.24) is 9.97 Å². The first-order chi connectivity index (χ1) is 19.7. The number of nitrogens with one attached hydrogen (secondary N) is 2. The van der Waals surface area contributed by atoms with Crippen LogP contribution >= 0.6 is 0 Å². The number of carbonyl (C=O) groups is 1. The number of hydrogen-bond acceptors (Lipinski definition) is 4. The second-order valence-corrected chi connectivity index (χ2v) is 11.1. The monoisotopic (exact) mass is 554 g/mol. The number of aromatic amines is 1. The van der Waals surface area contributed by atoms with Gasteiger partial charge in [0.05, 0.1) is 7.11 Å². The SMILES string of the molecule is CCCCCCN(C(=O)Nc1c(C(C)C)cc(-c2cccc(OC)c2)cc1C(C)C)c1cc2cccnc2[nH]c1=O. The third-order valence-corrected chi connectivity index (χ3v) is 7.45. The number of aromatic nitrogens is 2. The number of urea groups is 1. The molecule has 0 atom stereocenters. The van der Waals surface area contributed by atoms with Crippen LogP contribution in [0.5, 0.6) is 5.75 Å². The number of methoxy groups -OCH3 is 1. The number of fused-ring (bicyclic) bond motifs is 1. The molecule has 0 saturated heterocycles. The Balaban J connectivity index is 1.78. The molecule has 0 unspecified atom stereocenters. The highest BCUT2D eigenvalue weighted by molar-refractivity contribution is 6.03. The number of pyridine rings is 2. The summed E-state index contributed by atoms with van der Waals surface area (Å²) < 4.78 is 5.47. The Morgan fingerprint density at radius 3 is 2.34 bits per heavy atom. The van der Waals surface area contributed by atoms with Gasteiger partial charge in [-0.05, 0) is 83.0 Å². The molecule has 216 valence electrons. The number of hydrogen-bond donors (Lipinski definition) is 2. The maximum Gasteiger partial charge on any atom is 0.326 e. The van der Waals surface area contributed by atoms with Crippen LogP contribution < -0.4 is 20.5 Å². The number of amides is 2. The minimum atomic E-state index is -0.330. The number of rotatable bonds is 11. The van der Waals surface area contributed by atoms with Gasteiger partial charge in [0.1, 0.15) is 17.1 Å². The summed E-state index contributed by atoms with van der Waals surface area (Å²) in [5.41, 5.74) is 5.53. The average molecular weight is 555 g/mol. The fourth-order valence-electron chi connectivity index (χ4n) is 5.14. The lowest BCUT2D eigenvalue weighted by Gasteiger charge is -2.27. The number of H-pyrrole nitrogens is 1. The minimum Gasteiger partial charge on any atom is -0.497 e. The largest absolute Gasteiger partial charge is 0.497 e. The number of nitrogens with zero attached hydrogens (tertiary/aromatic N) is 2. The predicted octanol–water partition coefficient (Wildman–Crippen LogP) is 8.46. The van der Waals surface area contributed by atoms with Crippen molar-refractivity contribution >= 4 is 28.4 Å². The smallest absolute Gasteiger partial charge is 0.326 e. The molecule has 2 aromatic carbocycles. The maximum atomic E-state index is 14.1. The quantitative estimate of drug-likeness (QED) is 0.182. The molecule has 0 spiro atoms. The van der Waals surface area contributed by atoms with Gasteiger partial charge in [0.2, 0.25) is 0 Å². The highest BCUT2D eigenvalue weighted by Crippen LogP contribution is 2.38. The fraction of sp³-hybridized carbons (Fsp3) is 0.382. The van der Waals surface area contributed by atoms with Crippen molar-refractivity contribution in [3.05, 3.63) is 82.3 Å². The summed E-state index contributed by atoms with van der Waals surface area (Å²) in [6.45, 7) is 11.1. The molecule has 0 saturated carbocycles. The zero-order chi connectivity index (χ0) is 29.5. The summed E-state index contributed by atoms with van der Waals surface area (Å²) in [6.07, 6.45) is 5.59. The van der Waals surface area contributed by atoms with E-state index >= 15 is 0 Å². The molecule has 4 aromatic rings. The predicted molar refractivity (Wildman–Crippen MR) is 169 cm³/mol. The van der Waals surface area contributed by atoms with E-state index in [1.807, 2.05) is 30.3 Å². The van der Waals surface area contributed by atoms with E-state index in [1.54, 1.807) is 24.3 Å². The highest BCUT2D eigenvalue weighted by atomic mass is 16.5. The van der Waals surface area contributed by atoms with Crippen molar-refractivity contribution in [3.8, 4) is 16.9 Å². The Labute approximate surface area is 243 Å². The van der Waals surface area contributed by atoms with E-state index in [4.69, 9.17) is 4.74 Å². The van der Waals surface area contributed by atoms with Crippen molar-refractivity contribution < 1.29 is 9.53 Å². The van der Waals surface area contributed by atoms with Crippen LogP contribution in [0.3, 0.4) is 0 Å². The maximum absolute atomic E-state index is 14.1.